The number of hydrogen-bond acceptors (Lipinski definition) is 5. The summed E-state index contributed by atoms with van der Waals surface area (Å²) in [6, 6.07) is 11.9. The number of carboxylic acid groups (broad SMARTS) is 2. The zero-order valence-electron chi connectivity index (χ0n) is 17.5. The van der Waals surface area contributed by atoms with Crippen LogP contribution in [0.5, 0.6) is 0 Å². The number of aromatic carboxylic acids is 2. The van der Waals surface area contributed by atoms with E-state index in [2.05, 4.69) is 9.93 Å². The summed E-state index contributed by atoms with van der Waals surface area (Å²) in [7, 11) is -3.83. The fourth-order valence-electron chi connectivity index (χ4n) is 3.24. The van der Waals surface area contributed by atoms with Crippen LogP contribution < -0.4 is 4.83 Å². The highest BCUT2D eigenvalue weighted by Gasteiger charge is 2.16. The molecule has 0 saturated carbocycles. The maximum atomic E-state index is 12.4. The van der Waals surface area contributed by atoms with E-state index in [0.29, 0.717) is 22.6 Å². The van der Waals surface area contributed by atoms with Crippen LogP contribution in [0, 0.1) is 20.8 Å². The molecule has 0 spiro atoms. The Morgan fingerprint density at radius 2 is 1.50 bits per heavy atom. The minimum Gasteiger partial charge on any atom is -0.478 e. The lowest BCUT2D eigenvalue weighted by atomic mass is 10.1. The second-order valence-electron chi connectivity index (χ2n) is 7.21. The number of sulfonamides is 1. The molecule has 0 aliphatic heterocycles. The van der Waals surface area contributed by atoms with Gasteiger partial charge in [0.1, 0.15) is 0 Å². The average Bonchev–Trinajstić information content (AvgIpc) is 3.01. The molecule has 166 valence electrons. The van der Waals surface area contributed by atoms with Crippen LogP contribution in [0.2, 0.25) is 0 Å². The van der Waals surface area contributed by atoms with Gasteiger partial charge in [-0.2, -0.15) is 13.5 Å². The van der Waals surface area contributed by atoms with Crippen molar-refractivity contribution in [1.82, 2.24) is 9.40 Å². The number of carboxylic acids is 2. The largest absolute Gasteiger partial charge is 0.478 e. The van der Waals surface area contributed by atoms with Gasteiger partial charge in [-0.15, -0.1) is 0 Å². The van der Waals surface area contributed by atoms with E-state index in [4.69, 9.17) is 0 Å². The van der Waals surface area contributed by atoms with Crippen LogP contribution >= 0.6 is 0 Å². The van der Waals surface area contributed by atoms with Crippen LogP contribution in [0.4, 0.5) is 0 Å². The summed E-state index contributed by atoms with van der Waals surface area (Å²) in [5.74, 6) is -2.49. The Kier molecular flexibility index (Phi) is 6.17. The molecule has 9 nitrogen and oxygen atoms in total. The lowest BCUT2D eigenvalue weighted by Gasteiger charge is -2.12. The molecule has 0 radical (unpaired) electrons. The van der Waals surface area contributed by atoms with Crippen molar-refractivity contribution in [2.24, 2.45) is 5.10 Å². The predicted molar refractivity (Wildman–Crippen MR) is 118 cm³/mol. The number of carbonyl (C=O) groups is 2. The lowest BCUT2D eigenvalue weighted by Crippen LogP contribution is -2.18. The molecule has 0 unspecified atom stereocenters. The number of nitrogens with one attached hydrogen (secondary N) is 1. The Hall–Kier alpha value is -3.92. The first-order valence-corrected chi connectivity index (χ1v) is 10.9. The van der Waals surface area contributed by atoms with E-state index < -0.39 is 22.0 Å². The minimum absolute atomic E-state index is 0.0809. The molecule has 0 saturated heterocycles. The summed E-state index contributed by atoms with van der Waals surface area (Å²) in [6.45, 7) is 5.34. The van der Waals surface area contributed by atoms with Gasteiger partial charge in [-0.1, -0.05) is 17.7 Å². The van der Waals surface area contributed by atoms with Crippen molar-refractivity contribution in [3.8, 4) is 5.69 Å². The molecule has 0 fully saturated rings. The quantitative estimate of drug-likeness (QED) is 0.370. The Labute approximate surface area is 184 Å². The second-order valence-corrected chi connectivity index (χ2v) is 8.87. The summed E-state index contributed by atoms with van der Waals surface area (Å²) in [5, 5.41) is 22.5. The topological polar surface area (TPSA) is 138 Å². The highest BCUT2D eigenvalue weighted by atomic mass is 32.2. The van der Waals surface area contributed by atoms with Gasteiger partial charge in [-0.3, -0.25) is 0 Å². The first-order valence-electron chi connectivity index (χ1n) is 9.42. The van der Waals surface area contributed by atoms with Crippen molar-refractivity contribution in [2.45, 2.75) is 25.7 Å². The highest BCUT2D eigenvalue weighted by Crippen LogP contribution is 2.22. The van der Waals surface area contributed by atoms with Crippen LogP contribution in [0.3, 0.4) is 0 Å². The molecule has 0 amide bonds. The third-order valence-electron chi connectivity index (χ3n) is 4.85. The third-order valence-corrected chi connectivity index (χ3v) is 6.09. The molecule has 32 heavy (non-hydrogen) atoms. The Bertz CT molecular complexity index is 1310. The van der Waals surface area contributed by atoms with E-state index in [0.717, 1.165) is 11.6 Å². The van der Waals surface area contributed by atoms with Gasteiger partial charge in [0.25, 0.3) is 10.0 Å². The standard InChI is InChI=1S/C22H21N3O6S/c1-13-4-6-20(7-5-13)32(30,31)24-23-12-18-8-14(2)25(15(18)3)19-10-16(21(26)27)9-17(11-19)22(28)29/h4-12,24H,1-3H3,(H,26,27)(H,28,29). The smallest absolute Gasteiger partial charge is 0.335 e. The number of benzene rings is 2. The summed E-state index contributed by atoms with van der Waals surface area (Å²) in [4.78, 5) is 25.1. The molecule has 1 heterocycles. The molecule has 1 aromatic heterocycles. The maximum Gasteiger partial charge on any atom is 0.335 e. The molecule has 0 bridgehead atoms. The summed E-state index contributed by atoms with van der Waals surface area (Å²) < 4.78 is 26.4. The van der Waals surface area contributed by atoms with Gasteiger partial charge in [-0.05, 0) is 57.2 Å². The first-order chi connectivity index (χ1) is 15.0. The number of hydrogen-bond donors (Lipinski definition) is 3. The van der Waals surface area contributed by atoms with E-state index in [1.54, 1.807) is 36.6 Å². The first kappa shape index (κ1) is 22.8. The Balaban J connectivity index is 1.94. The van der Waals surface area contributed by atoms with Crippen LogP contribution in [0.15, 0.2) is 58.5 Å². The van der Waals surface area contributed by atoms with Crippen molar-refractivity contribution in [3.05, 3.63) is 82.2 Å². The Morgan fingerprint density at radius 1 is 0.938 bits per heavy atom. The number of aryl methyl sites for hydroxylation is 2. The molecule has 0 aliphatic rings. The highest BCUT2D eigenvalue weighted by molar-refractivity contribution is 7.89. The fraction of sp³-hybridized carbons (Fsp3) is 0.136. The van der Waals surface area contributed by atoms with Crippen molar-refractivity contribution < 1.29 is 28.2 Å². The molecule has 3 N–H and O–H groups in total. The maximum absolute atomic E-state index is 12.4. The van der Waals surface area contributed by atoms with Crippen molar-refractivity contribution >= 4 is 28.2 Å². The van der Waals surface area contributed by atoms with Crippen LogP contribution in [-0.4, -0.2) is 41.4 Å². The van der Waals surface area contributed by atoms with Crippen LogP contribution in [0.25, 0.3) is 5.69 Å². The molecule has 0 atom stereocenters. The number of rotatable bonds is 7. The summed E-state index contributed by atoms with van der Waals surface area (Å²) in [6.07, 6.45) is 1.34. The van der Waals surface area contributed by atoms with Crippen molar-refractivity contribution in [1.29, 1.82) is 0 Å². The van der Waals surface area contributed by atoms with Crippen molar-refractivity contribution in [2.75, 3.05) is 0 Å². The van der Waals surface area contributed by atoms with Gasteiger partial charge in [0, 0.05) is 22.6 Å². The van der Waals surface area contributed by atoms with E-state index in [-0.39, 0.29) is 16.0 Å². The van der Waals surface area contributed by atoms with Crippen LogP contribution in [-0.2, 0) is 10.0 Å². The average molecular weight is 455 g/mol. The van der Waals surface area contributed by atoms with Crippen LogP contribution in [0.1, 0.15) is 43.2 Å². The van der Waals surface area contributed by atoms with Gasteiger partial charge >= 0.3 is 11.9 Å². The summed E-state index contributed by atoms with van der Waals surface area (Å²) >= 11 is 0. The molecule has 2 aromatic carbocycles. The monoisotopic (exact) mass is 455 g/mol. The molecule has 10 heteroatoms. The Morgan fingerprint density at radius 3 is 2.03 bits per heavy atom. The van der Waals surface area contributed by atoms with Gasteiger partial charge in [0.15, 0.2) is 0 Å². The van der Waals surface area contributed by atoms with Gasteiger partial charge in [-0.25, -0.2) is 14.4 Å². The summed E-state index contributed by atoms with van der Waals surface area (Å²) in [5.41, 5.74) is 2.85. The number of nitrogens with zero attached hydrogens (tertiary/aromatic N) is 2. The zero-order chi connectivity index (χ0) is 23.6. The molecule has 3 aromatic rings. The lowest BCUT2D eigenvalue weighted by molar-refractivity contribution is 0.0696. The van der Waals surface area contributed by atoms with Gasteiger partial charge < -0.3 is 14.8 Å². The van der Waals surface area contributed by atoms with E-state index in [1.165, 1.54) is 30.5 Å². The van der Waals surface area contributed by atoms with Gasteiger partial charge in [0.2, 0.25) is 0 Å². The third kappa shape index (κ3) is 4.70. The SMILES string of the molecule is Cc1ccc(S(=O)(=O)NN=Cc2cc(C)n(-c3cc(C(=O)O)cc(C(=O)O)c3)c2C)cc1. The normalized spacial score (nSPS) is 11.6. The van der Waals surface area contributed by atoms with Gasteiger partial charge in [0.05, 0.1) is 22.2 Å². The second kappa shape index (κ2) is 8.67. The molecule has 3 rings (SSSR count). The molecule has 0 aliphatic carbocycles. The fourth-order valence-corrected chi connectivity index (χ4v) is 4.03. The predicted octanol–water partition coefficient (Wildman–Crippen LogP) is 3.11. The van der Waals surface area contributed by atoms with E-state index >= 15 is 0 Å². The van der Waals surface area contributed by atoms with E-state index in [1.807, 2.05) is 6.92 Å². The molecular weight excluding hydrogens is 434 g/mol. The molecular formula is C22H21N3O6S. The number of hydrazone groups is 1. The zero-order valence-corrected chi connectivity index (χ0v) is 18.3. The van der Waals surface area contributed by atoms with E-state index in [9.17, 15) is 28.2 Å². The minimum atomic E-state index is -3.83. The number of aromatic nitrogens is 1. The van der Waals surface area contributed by atoms with Crippen molar-refractivity contribution in [3.63, 3.8) is 0 Å².